The third-order valence-electron chi connectivity index (χ3n) is 2.90. The van der Waals surface area contributed by atoms with E-state index in [1.165, 1.54) is 12.4 Å². The maximum atomic E-state index is 8.98. The fourth-order valence-electron chi connectivity index (χ4n) is 1.77. The normalized spacial score (nSPS) is 10.2. The van der Waals surface area contributed by atoms with Crippen LogP contribution in [0.2, 0.25) is 0 Å². The van der Waals surface area contributed by atoms with Crippen LogP contribution in [0.1, 0.15) is 22.3 Å². The second kappa shape index (κ2) is 8.79. The minimum Gasteiger partial charge on any atom is -0.252 e. The third kappa shape index (κ3) is 4.73. The summed E-state index contributed by atoms with van der Waals surface area (Å²) in [5, 5.41) is 26.1. The summed E-state index contributed by atoms with van der Waals surface area (Å²) in [7, 11) is 0. The predicted molar refractivity (Wildman–Crippen MR) is 96.4 cm³/mol. The Morgan fingerprint density at radius 1 is 0.833 bits per heavy atom. The van der Waals surface area contributed by atoms with E-state index in [1.807, 2.05) is 12.1 Å². The van der Waals surface area contributed by atoms with Crippen molar-refractivity contribution >= 4 is 29.8 Å². The van der Waals surface area contributed by atoms with Crippen LogP contribution in [0.25, 0.3) is 0 Å². The molecule has 0 aromatic heterocycles. The standard InChI is InChI=1S/C17H12N6S/c18-9-13-5-1-3-7-15(13)11-20-22-17(24)23-21-12-16-8-4-2-6-14(16)10-19/h1-8,11-12H,(H2,22,23,24). The number of nitrogens with zero attached hydrogens (tertiary/aromatic N) is 4. The molecule has 0 spiro atoms. The lowest BCUT2D eigenvalue weighted by Gasteiger charge is -2.02. The van der Waals surface area contributed by atoms with Crippen molar-refractivity contribution in [1.82, 2.24) is 10.9 Å². The molecule has 24 heavy (non-hydrogen) atoms. The van der Waals surface area contributed by atoms with Crippen LogP contribution in [-0.2, 0) is 0 Å². The molecule has 0 bridgehead atoms. The Morgan fingerprint density at radius 3 is 1.67 bits per heavy atom. The first-order valence-electron chi connectivity index (χ1n) is 6.85. The summed E-state index contributed by atoms with van der Waals surface area (Å²) in [6, 6.07) is 18.3. The first-order chi connectivity index (χ1) is 11.7. The SMILES string of the molecule is N#Cc1ccccc1C=NNC(=S)NN=Cc1ccccc1C#N. The first-order valence-corrected chi connectivity index (χ1v) is 7.26. The van der Waals surface area contributed by atoms with Crippen LogP contribution in [-0.4, -0.2) is 17.5 Å². The Balaban J connectivity index is 1.90. The van der Waals surface area contributed by atoms with Gasteiger partial charge in [0.2, 0.25) is 5.11 Å². The van der Waals surface area contributed by atoms with E-state index < -0.39 is 0 Å². The van der Waals surface area contributed by atoms with Gasteiger partial charge in [-0.3, -0.25) is 10.9 Å². The predicted octanol–water partition coefficient (Wildman–Crippen LogP) is 2.26. The molecule has 0 atom stereocenters. The minimum absolute atomic E-state index is 0.186. The van der Waals surface area contributed by atoms with Crippen LogP contribution >= 0.6 is 12.2 Å². The summed E-state index contributed by atoms with van der Waals surface area (Å²) in [6.07, 6.45) is 3.00. The quantitative estimate of drug-likeness (QED) is 0.508. The average Bonchev–Trinajstić information content (AvgIpc) is 2.62. The Labute approximate surface area is 144 Å². The molecule has 2 aromatic carbocycles. The van der Waals surface area contributed by atoms with Gasteiger partial charge >= 0.3 is 0 Å². The smallest absolute Gasteiger partial charge is 0.207 e. The minimum atomic E-state index is 0.186. The van der Waals surface area contributed by atoms with E-state index in [-0.39, 0.29) is 5.11 Å². The molecule has 0 aliphatic carbocycles. The zero-order chi connectivity index (χ0) is 17.2. The summed E-state index contributed by atoms with van der Waals surface area (Å²) in [4.78, 5) is 0. The van der Waals surface area contributed by atoms with E-state index in [4.69, 9.17) is 22.7 Å². The van der Waals surface area contributed by atoms with Crippen molar-refractivity contribution in [2.45, 2.75) is 0 Å². The zero-order valence-electron chi connectivity index (χ0n) is 12.5. The number of benzene rings is 2. The largest absolute Gasteiger partial charge is 0.252 e. The Morgan fingerprint density at radius 2 is 1.25 bits per heavy atom. The number of thiocarbonyl (C=S) groups is 1. The molecule has 0 aliphatic heterocycles. The summed E-state index contributed by atoms with van der Waals surface area (Å²) >= 11 is 5.03. The van der Waals surface area contributed by atoms with Gasteiger partial charge < -0.3 is 0 Å². The second-order valence-corrected chi connectivity index (χ2v) is 4.88. The molecule has 0 fully saturated rings. The summed E-state index contributed by atoms with van der Waals surface area (Å²) in [5.74, 6) is 0. The first kappa shape index (κ1) is 16.8. The molecule has 0 amide bonds. The van der Waals surface area contributed by atoms with E-state index >= 15 is 0 Å². The summed E-state index contributed by atoms with van der Waals surface area (Å²) in [5.41, 5.74) is 7.60. The van der Waals surface area contributed by atoms with E-state index in [1.54, 1.807) is 36.4 Å². The average molecular weight is 332 g/mol. The van der Waals surface area contributed by atoms with Crippen molar-refractivity contribution in [3.8, 4) is 12.1 Å². The van der Waals surface area contributed by atoms with Gasteiger partial charge in [-0.15, -0.1) is 0 Å². The summed E-state index contributed by atoms with van der Waals surface area (Å²) in [6.45, 7) is 0. The van der Waals surface area contributed by atoms with E-state index in [0.717, 1.165) is 0 Å². The van der Waals surface area contributed by atoms with E-state index in [0.29, 0.717) is 22.3 Å². The lowest BCUT2D eigenvalue weighted by molar-refractivity contribution is 0.934. The molecular weight excluding hydrogens is 320 g/mol. The molecule has 0 radical (unpaired) electrons. The van der Waals surface area contributed by atoms with Gasteiger partial charge in [-0.2, -0.15) is 20.7 Å². The van der Waals surface area contributed by atoms with E-state index in [9.17, 15) is 0 Å². The zero-order valence-corrected chi connectivity index (χ0v) is 13.3. The highest BCUT2D eigenvalue weighted by Gasteiger charge is 1.98. The van der Waals surface area contributed by atoms with Crippen LogP contribution in [0.15, 0.2) is 58.7 Å². The van der Waals surface area contributed by atoms with Crippen molar-refractivity contribution < 1.29 is 0 Å². The Bertz CT molecular complexity index is 802. The molecule has 0 saturated carbocycles. The molecule has 2 aromatic rings. The van der Waals surface area contributed by atoms with E-state index in [2.05, 4.69) is 33.2 Å². The van der Waals surface area contributed by atoms with Gasteiger partial charge in [0.1, 0.15) is 0 Å². The molecule has 116 valence electrons. The van der Waals surface area contributed by atoms with Crippen LogP contribution in [0, 0.1) is 22.7 Å². The Hall–Kier alpha value is -3.55. The van der Waals surface area contributed by atoms with Crippen molar-refractivity contribution in [1.29, 1.82) is 10.5 Å². The maximum absolute atomic E-state index is 8.98. The molecule has 2 rings (SSSR count). The number of hydrazone groups is 2. The second-order valence-electron chi connectivity index (χ2n) is 4.47. The molecule has 6 nitrogen and oxygen atoms in total. The number of nitrogens with one attached hydrogen (secondary N) is 2. The van der Waals surface area contributed by atoms with Gasteiger partial charge in [0, 0.05) is 11.1 Å². The van der Waals surface area contributed by atoms with Gasteiger partial charge in [-0.1, -0.05) is 36.4 Å². The lowest BCUT2D eigenvalue weighted by Crippen LogP contribution is -2.28. The topological polar surface area (TPSA) is 96.4 Å². The number of rotatable bonds is 4. The van der Waals surface area contributed by atoms with Crippen LogP contribution < -0.4 is 10.9 Å². The molecule has 2 N–H and O–H groups in total. The highest BCUT2D eigenvalue weighted by molar-refractivity contribution is 7.80. The van der Waals surface area contributed by atoms with Gasteiger partial charge in [-0.25, -0.2) is 0 Å². The third-order valence-corrected chi connectivity index (χ3v) is 3.08. The highest BCUT2D eigenvalue weighted by Crippen LogP contribution is 2.04. The number of hydrogen-bond acceptors (Lipinski definition) is 5. The monoisotopic (exact) mass is 332 g/mol. The Kier molecular flexibility index (Phi) is 6.16. The van der Waals surface area contributed by atoms with Crippen molar-refractivity contribution in [3.63, 3.8) is 0 Å². The summed E-state index contributed by atoms with van der Waals surface area (Å²) < 4.78 is 0. The van der Waals surface area contributed by atoms with Crippen molar-refractivity contribution in [3.05, 3.63) is 70.8 Å². The van der Waals surface area contributed by atoms with Gasteiger partial charge in [0.05, 0.1) is 35.7 Å². The van der Waals surface area contributed by atoms with Gasteiger partial charge in [0.15, 0.2) is 0 Å². The van der Waals surface area contributed by atoms with Gasteiger partial charge in [0.25, 0.3) is 0 Å². The molecule has 0 unspecified atom stereocenters. The number of hydrogen-bond donors (Lipinski definition) is 2. The fraction of sp³-hybridized carbons (Fsp3) is 0. The van der Waals surface area contributed by atoms with Gasteiger partial charge in [-0.05, 0) is 24.4 Å². The van der Waals surface area contributed by atoms with Crippen LogP contribution in [0.3, 0.4) is 0 Å². The molecular formula is C17H12N6S. The molecule has 0 saturated heterocycles. The number of nitriles is 2. The van der Waals surface area contributed by atoms with Crippen LogP contribution in [0.5, 0.6) is 0 Å². The van der Waals surface area contributed by atoms with Crippen molar-refractivity contribution in [2.75, 3.05) is 0 Å². The van der Waals surface area contributed by atoms with Crippen molar-refractivity contribution in [2.24, 2.45) is 10.2 Å². The fourth-order valence-corrected chi connectivity index (χ4v) is 1.87. The highest BCUT2D eigenvalue weighted by atomic mass is 32.1. The molecule has 0 aliphatic rings. The maximum Gasteiger partial charge on any atom is 0.207 e. The van der Waals surface area contributed by atoms with Crippen LogP contribution in [0.4, 0.5) is 0 Å². The molecule has 7 heteroatoms. The molecule has 0 heterocycles. The lowest BCUT2D eigenvalue weighted by atomic mass is 10.1.